The number of carboxylic acids is 2. The third kappa shape index (κ3) is 4.51. The molecule has 1 aliphatic carbocycles. The van der Waals surface area contributed by atoms with E-state index in [2.05, 4.69) is 5.32 Å². The molecule has 1 atom stereocenters. The van der Waals surface area contributed by atoms with Gasteiger partial charge < -0.3 is 21.3 Å². The van der Waals surface area contributed by atoms with Crippen LogP contribution in [0.25, 0.3) is 0 Å². The summed E-state index contributed by atoms with van der Waals surface area (Å²) in [7, 11) is 0. The van der Waals surface area contributed by atoms with Crippen LogP contribution in [0, 0.1) is 0 Å². The van der Waals surface area contributed by atoms with E-state index in [1.165, 1.54) is 0 Å². The van der Waals surface area contributed by atoms with Gasteiger partial charge in [-0.1, -0.05) is 19.3 Å². The molecule has 0 spiro atoms. The number of nitrogens with one attached hydrogen (secondary N) is 1. The van der Waals surface area contributed by atoms with E-state index in [4.69, 9.17) is 15.9 Å². The van der Waals surface area contributed by atoms with Gasteiger partial charge in [-0.15, -0.1) is 0 Å². The molecule has 0 heterocycles. The molecule has 0 aromatic rings. The second-order valence-electron chi connectivity index (χ2n) is 5.01. The average Bonchev–Trinajstić information content (AvgIpc) is 2.34. The van der Waals surface area contributed by atoms with E-state index in [0.29, 0.717) is 12.8 Å². The number of carboxylic acid groups (broad SMARTS) is 2. The minimum atomic E-state index is -1.24. The summed E-state index contributed by atoms with van der Waals surface area (Å²) in [6.07, 6.45) is 3.32. The first-order valence-corrected chi connectivity index (χ1v) is 6.39. The standard InChI is InChI=1S/C12H20N2O5/c13-12(6-2-1-3-7-12)11(19)14-8(10(17)18)4-5-9(15)16/h8H,1-7,13H2,(H,14,19)(H,15,16)(H,17,18). The summed E-state index contributed by atoms with van der Waals surface area (Å²) >= 11 is 0. The number of carbonyl (C=O) groups is 3. The van der Waals surface area contributed by atoms with Gasteiger partial charge in [0.25, 0.3) is 0 Å². The van der Waals surface area contributed by atoms with Crippen LogP contribution in [-0.4, -0.2) is 39.6 Å². The van der Waals surface area contributed by atoms with Gasteiger partial charge in [0.05, 0.1) is 5.54 Å². The molecule has 19 heavy (non-hydrogen) atoms. The van der Waals surface area contributed by atoms with Gasteiger partial charge in [0.2, 0.25) is 5.91 Å². The van der Waals surface area contributed by atoms with Crippen LogP contribution < -0.4 is 11.1 Å². The van der Waals surface area contributed by atoms with E-state index < -0.39 is 29.4 Å². The largest absolute Gasteiger partial charge is 0.481 e. The van der Waals surface area contributed by atoms with Gasteiger partial charge in [-0.2, -0.15) is 0 Å². The topological polar surface area (TPSA) is 130 Å². The highest BCUT2D eigenvalue weighted by atomic mass is 16.4. The smallest absolute Gasteiger partial charge is 0.326 e. The lowest BCUT2D eigenvalue weighted by atomic mass is 9.81. The highest BCUT2D eigenvalue weighted by Gasteiger charge is 2.37. The summed E-state index contributed by atoms with van der Waals surface area (Å²) in [6, 6.07) is -1.20. The number of nitrogens with two attached hydrogens (primary N) is 1. The molecule has 1 saturated carbocycles. The second-order valence-corrected chi connectivity index (χ2v) is 5.01. The van der Waals surface area contributed by atoms with E-state index in [9.17, 15) is 14.4 Å². The number of aliphatic carboxylic acids is 2. The fourth-order valence-electron chi connectivity index (χ4n) is 2.24. The molecule has 108 valence electrons. The van der Waals surface area contributed by atoms with Crippen molar-refractivity contribution >= 4 is 17.8 Å². The SMILES string of the molecule is NC1(C(=O)NC(CCC(=O)O)C(=O)O)CCCCC1. The normalized spacial score (nSPS) is 19.4. The first-order valence-electron chi connectivity index (χ1n) is 6.39. The molecule has 1 unspecified atom stereocenters. The Balaban J connectivity index is 2.59. The van der Waals surface area contributed by atoms with Crippen LogP contribution in [0.5, 0.6) is 0 Å². The van der Waals surface area contributed by atoms with E-state index >= 15 is 0 Å². The van der Waals surface area contributed by atoms with Crippen molar-refractivity contribution in [3.8, 4) is 0 Å². The van der Waals surface area contributed by atoms with Crippen molar-refractivity contribution in [3.05, 3.63) is 0 Å². The van der Waals surface area contributed by atoms with E-state index in [1.54, 1.807) is 0 Å². The van der Waals surface area contributed by atoms with Crippen LogP contribution in [0.2, 0.25) is 0 Å². The van der Waals surface area contributed by atoms with Gasteiger partial charge in [0.15, 0.2) is 0 Å². The highest BCUT2D eigenvalue weighted by molar-refractivity contribution is 5.90. The van der Waals surface area contributed by atoms with Gasteiger partial charge in [-0.25, -0.2) is 4.79 Å². The molecular weight excluding hydrogens is 252 g/mol. The van der Waals surface area contributed by atoms with Crippen molar-refractivity contribution < 1.29 is 24.6 Å². The Bertz CT molecular complexity index is 363. The maximum absolute atomic E-state index is 12.0. The Morgan fingerprint density at radius 1 is 1.16 bits per heavy atom. The predicted octanol–water partition coefficient (Wildman–Crippen LogP) is 0.0822. The molecule has 1 amide bonds. The Hall–Kier alpha value is -1.63. The minimum Gasteiger partial charge on any atom is -0.481 e. The molecule has 0 aliphatic heterocycles. The molecule has 0 aromatic carbocycles. The lowest BCUT2D eigenvalue weighted by Gasteiger charge is -2.32. The molecule has 7 heteroatoms. The van der Waals surface area contributed by atoms with Crippen molar-refractivity contribution in [3.63, 3.8) is 0 Å². The van der Waals surface area contributed by atoms with Crippen molar-refractivity contribution in [1.82, 2.24) is 5.32 Å². The fourth-order valence-corrected chi connectivity index (χ4v) is 2.24. The lowest BCUT2D eigenvalue weighted by Crippen LogP contribution is -2.58. The third-order valence-corrected chi connectivity index (χ3v) is 3.45. The van der Waals surface area contributed by atoms with Crippen molar-refractivity contribution in [2.24, 2.45) is 5.73 Å². The van der Waals surface area contributed by atoms with Gasteiger partial charge in [0.1, 0.15) is 6.04 Å². The number of amides is 1. The Kier molecular flexibility index (Phi) is 5.29. The van der Waals surface area contributed by atoms with Gasteiger partial charge in [-0.3, -0.25) is 9.59 Å². The predicted molar refractivity (Wildman–Crippen MR) is 66.4 cm³/mol. The second kappa shape index (κ2) is 6.51. The Morgan fingerprint density at radius 3 is 2.21 bits per heavy atom. The van der Waals surface area contributed by atoms with Crippen LogP contribution in [0.3, 0.4) is 0 Å². The molecule has 1 aliphatic rings. The zero-order valence-electron chi connectivity index (χ0n) is 10.7. The number of rotatable bonds is 6. The van der Waals surface area contributed by atoms with Crippen LogP contribution in [0.15, 0.2) is 0 Å². The maximum Gasteiger partial charge on any atom is 0.326 e. The molecule has 0 radical (unpaired) electrons. The summed E-state index contributed by atoms with van der Waals surface area (Å²) in [4.78, 5) is 33.5. The molecule has 1 fully saturated rings. The number of hydrogen-bond donors (Lipinski definition) is 4. The zero-order chi connectivity index (χ0) is 14.5. The highest BCUT2D eigenvalue weighted by Crippen LogP contribution is 2.26. The van der Waals surface area contributed by atoms with Crippen molar-refractivity contribution in [2.45, 2.75) is 56.5 Å². The summed E-state index contributed by atoms with van der Waals surface area (Å²) in [5.74, 6) is -2.83. The van der Waals surface area contributed by atoms with Gasteiger partial charge >= 0.3 is 11.9 Å². The number of carbonyl (C=O) groups excluding carboxylic acids is 1. The molecule has 0 aromatic heterocycles. The number of hydrogen-bond acceptors (Lipinski definition) is 4. The third-order valence-electron chi connectivity index (χ3n) is 3.45. The molecule has 7 nitrogen and oxygen atoms in total. The van der Waals surface area contributed by atoms with Crippen LogP contribution >= 0.6 is 0 Å². The first kappa shape index (κ1) is 15.4. The van der Waals surface area contributed by atoms with Crippen molar-refractivity contribution in [2.75, 3.05) is 0 Å². The summed E-state index contributed by atoms with van der Waals surface area (Å²) in [5, 5.41) is 19.9. The molecular formula is C12H20N2O5. The monoisotopic (exact) mass is 272 g/mol. The quantitative estimate of drug-likeness (QED) is 0.542. The fraction of sp³-hybridized carbons (Fsp3) is 0.750. The molecule has 0 saturated heterocycles. The van der Waals surface area contributed by atoms with Gasteiger partial charge in [-0.05, 0) is 19.3 Å². The van der Waals surface area contributed by atoms with E-state index in [0.717, 1.165) is 19.3 Å². The van der Waals surface area contributed by atoms with Gasteiger partial charge in [0, 0.05) is 6.42 Å². The van der Waals surface area contributed by atoms with Crippen LogP contribution in [0.4, 0.5) is 0 Å². The van der Waals surface area contributed by atoms with Crippen LogP contribution in [0.1, 0.15) is 44.9 Å². The zero-order valence-corrected chi connectivity index (χ0v) is 10.7. The summed E-state index contributed by atoms with van der Waals surface area (Å²) < 4.78 is 0. The molecule has 5 N–H and O–H groups in total. The van der Waals surface area contributed by atoms with E-state index in [1.807, 2.05) is 0 Å². The minimum absolute atomic E-state index is 0.146. The average molecular weight is 272 g/mol. The lowest BCUT2D eigenvalue weighted by molar-refractivity contribution is -0.144. The Labute approximate surface area is 111 Å². The summed E-state index contributed by atoms with van der Waals surface area (Å²) in [6.45, 7) is 0. The van der Waals surface area contributed by atoms with Crippen molar-refractivity contribution in [1.29, 1.82) is 0 Å². The maximum atomic E-state index is 12.0. The molecule has 0 bridgehead atoms. The Morgan fingerprint density at radius 2 is 1.74 bits per heavy atom. The van der Waals surface area contributed by atoms with E-state index in [-0.39, 0.29) is 12.8 Å². The summed E-state index contributed by atoms with van der Waals surface area (Å²) in [5.41, 5.74) is 4.97. The van der Waals surface area contributed by atoms with Crippen LogP contribution in [-0.2, 0) is 14.4 Å². The molecule has 1 rings (SSSR count). The first-order chi connectivity index (χ1) is 8.85.